The molecule has 9 heteroatoms. The zero-order valence-corrected chi connectivity index (χ0v) is 13.8. The van der Waals surface area contributed by atoms with E-state index in [-0.39, 0.29) is 17.9 Å². The summed E-state index contributed by atoms with van der Waals surface area (Å²) in [6, 6.07) is 2.50. The number of hydrogen-bond acceptors (Lipinski definition) is 7. The molecular formula is C13H18BrNO7. The number of hydrogen-bond donors (Lipinski definition) is 5. The second-order valence-corrected chi connectivity index (χ2v) is 5.29. The maximum atomic E-state index is 11.3. The first-order valence-corrected chi connectivity index (χ1v) is 7.02. The van der Waals surface area contributed by atoms with Crippen molar-refractivity contribution in [3.8, 4) is 11.5 Å². The molecule has 0 aliphatic carbocycles. The van der Waals surface area contributed by atoms with Crippen LogP contribution in [0.25, 0.3) is 0 Å². The quantitative estimate of drug-likeness (QED) is 0.431. The molecule has 124 valence electrons. The van der Waals surface area contributed by atoms with Crippen molar-refractivity contribution >= 4 is 21.8 Å². The van der Waals surface area contributed by atoms with E-state index in [1.807, 2.05) is 0 Å². The van der Waals surface area contributed by atoms with E-state index in [1.165, 1.54) is 27.2 Å². The van der Waals surface area contributed by atoms with Crippen molar-refractivity contribution in [2.75, 3.05) is 14.2 Å². The van der Waals surface area contributed by atoms with Crippen LogP contribution >= 0.6 is 15.9 Å². The molecular weight excluding hydrogens is 362 g/mol. The van der Waals surface area contributed by atoms with Crippen LogP contribution in [-0.4, -0.2) is 46.5 Å². The summed E-state index contributed by atoms with van der Waals surface area (Å²) >= 11 is 3.19. The molecule has 0 heterocycles. The van der Waals surface area contributed by atoms with Crippen molar-refractivity contribution in [1.82, 2.24) is 5.32 Å². The van der Waals surface area contributed by atoms with Gasteiger partial charge in [0.25, 0.3) is 5.79 Å². The van der Waals surface area contributed by atoms with E-state index in [4.69, 9.17) is 9.47 Å². The molecule has 1 rings (SSSR count). The molecule has 22 heavy (non-hydrogen) atoms. The van der Waals surface area contributed by atoms with E-state index in [0.29, 0.717) is 4.47 Å². The minimum atomic E-state index is -3.34. The van der Waals surface area contributed by atoms with Gasteiger partial charge in [-0.15, -0.1) is 0 Å². The average molecular weight is 380 g/mol. The predicted molar refractivity (Wildman–Crippen MR) is 79.0 cm³/mol. The Morgan fingerprint density at radius 2 is 1.73 bits per heavy atom. The number of rotatable bonds is 6. The van der Waals surface area contributed by atoms with Gasteiger partial charge in [0.1, 0.15) is 11.5 Å². The number of aliphatic hydroxyl groups is 4. The van der Waals surface area contributed by atoms with E-state index in [0.717, 1.165) is 6.07 Å². The average Bonchev–Trinajstić information content (AvgIpc) is 2.45. The molecule has 0 radical (unpaired) electrons. The van der Waals surface area contributed by atoms with Gasteiger partial charge in [0.15, 0.2) is 0 Å². The molecule has 0 spiro atoms. The minimum absolute atomic E-state index is 0.0594. The van der Waals surface area contributed by atoms with Crippen molar-refractivity contribution in [2.45, 2.75) is 25.0 Å². The van der Waals surface area contributed by atoms with Crippen LogP contribution in [0.2, 0.25) is 0 Å². The van der Waals surface area contributed by atoms with Gasteiger partial charge in [-0.3, -0.25) is 4.79 Å². The lowest BCUT2D eigenvalue weighted by Crippen LogP contribution is -2.63. The second-order valence-electron chi connectivity index (χ2n) is 4.43. The van der Waals surface area contributed by atoms with Crippen molar-refractivity contribution in [1.29, 1.82) is 0 Å². The predicted octanol–water partition coefficient (Wildman–Crippen LogP) is -0.232. The number of ether oxygens (including phenoxy) is 2. The maximum absolute atomic E-state index is 11.3. The van der Waals surface area contributed by atoms with Gasteiger partial charge in [-0.2, -0.15) is 0 Å². The Kier molecular flexibility index (Phi) is 5.76. The van der Waals surface area contributed by atoms with Crippen LogP contribution in [0, 0.1) is 0 Å². The van der Waals surface area contributed by atoms with Crippen molar-refractivity contribution in [2.24, 2.45) is 0 Å². The summed E-state index contributed by atoms with van der Waals surface area (Å²) in [6.45, 7) is 1.46. The fourth-order valence-electron chi connectivity index (χ4n) is 1.69. The molecule has 0 aliphatic heterocycles. The van der Waals surface area contributed by atoms with Gasteiger partial charge in [-0.1, -0.05) is 6.92 Å². The number of carbonyl (C=O) groups excluding carboxylic acids is 1. The lowest BCUT2D eigenvalue weighted by molar-refractivity contribution is -0.375. The van der Waals surface area contributed by atoms with Gasteiger partial charge in [0, 0.05) is 6.42 Å². The molecule has 0 aliphatic rings. The Bertz CT molecular complexity index is 560. The fourth-order valence-corrected chi connectivity index (χ4v) is 2.17. The summed E-state index contributed by atoms with van der Waals surface area (Å²) < 4.78 is 10.5. The Labute approximate surface area is 135 Å². The lowest BCUT2D eigenvalue weighted by Gasteiger charge is -2.36. The number of benzene rings is 1. The molecule has 1 aromatic carbocycles. The zero-order valence-electron chi connectivity index (χ0n) is 12.3. The van der Waals surface area contributed by atoms with Crippen molar-refractivity contribution in [3.63, 3.8) is 0 Å². The summed E-state index contributed by atoms with van der Waals surface area (Å²) in [6.07, 6.45) is -0.0836. The zero-order chi connectivity index (χ0) is 17.1. The highest BCUT2D eigenvalue weighted by Crippen LogP contribution is 2.40. The molecule has 5 N–H and O–H groups in total. The highest BCUT2D eigenvalue weighted by Gasteiger charge is 2.52. The summed E-state index contributed by atoms with van der Waals surface area (Å²) in [4.78, 5) is 11.3. The molecule has 1 aromatic rings. The van der Waals surface area contributed by atoms with Gasteiger partial charge in [0.05, 0.1) is 24.3 Å². The molecule has 0 fully saturated rings. The Morgan fingerprint density at radius 1 is 1.18 bits per heavy atom. The number of amides is 1. The Hall–Kier alpha value is -1.39. The molecule has 1 amide bonds. The molecule has 8 nitrogen and oxygen atoms in total. The van der Waals surface area contributed by atoms with Crippen LogP contribution in [0.1, 0.15) is 18.9 Å². The van der Waals surface area contributed by atoms with E-state index in [1.54, 1.807) is 5.32 Å². The Morgan fingerprint density at radius 3 is 2.18 bits per heavy atom. The smallest absolute Gasteiger partial charge is 0.308 e. The molecule has 0 unspecified atom stereocenters. The van der Waals surface area contributed by atoms with Gasteiger partial charge >= 0.3 is 5.91 Å². The normalized spacial score (nSPS) is 12.0. The van der Waals surface area contributed by atoms with E-state index in [2.05, 4.69) is 15.9 Å². The molecule has 0 saturated heterocycles. The number of methoxy groups -OCH3 is 2. The first-order chi connectivity index (χ1) is 10.1. The first kappa shape index (κ1) is 18.7. The van der Waals surface area contributed by atoms with Crippen molar-refractivity contribution < 1.29 is 34.7 Å². The fraction of sp³-hybridized carbons (Fsp3) is 0.462. The van der Waals surface area contributed by atoms with Gasteiger partial charge in [-0.25, -0.2) is 0 Å². The van der Waals surface area contributed by atoms with Crippen LogP contribution in [0.3, 0.4) is 0 Å². The van der Waals surface area contributed by atoms with Gasteiger partial charge in [0.2, 0.25) is 5.91 Å². The summed E-state index contributed by atoms with van der Waals surface area (Å²) in [5.74, 6) is -7.25. The van der Waals surface area contributed by atoms with Gasteiger partial charge < -0.3 is 35.2 Å². The molecule has 0 bridgehead atoms. The second kappa shape index (κ2) is 6.80. The van der Waals surface area contributed by atoms with Crippen LogP contribution in [0.5, 0.6) is 11.5 Å². The summed E-state index contributed by atoms with van der Waals surface area (Å²) in [5, 5.41) is 41.8. The highest BCUT2D eigenvalue weighted by molar-refractivity contribution is 9.10. The third-order valence-electron chi connectivity index (χ3n) is 2.97. The molecule has 0 aromatic heterocycles. The van der Waals surface area contributed by atoms with Gasteiger partial charge in [-0.05, 0) is 28.1 Å². The molecule has 0 saturated carbocycles. The highest BCUT2D eigenvalue weighted by atomic mass is 79.9. The van der Waals surface area contributed by atoms with E-state index >= 15 is 0 Å². The Balaban J connectivity index is 3.40. The SMILES string of the molecule is CCC(=O)NC(O)(O)C(O)(O)c1cc(OC)c(Br)cc1OC. The monoisotopic (exact) mass is 379 g/mol. The van der Waals surface area contributed by atoms with E-state index in [9.17, 15) is 25.2 Å². The number of carbonyl (C=O) groups is 1. The summed E-state index contributed by atoms with van der Waals surface area (Å²) in [7, 11) is 2.60. The maximum Gasteiger partial charge on any atom is 0.308 e. The third-order valence-corrected chi connectivity index (χ3v) is 3.59. The first-order valence-electron chi connectivity index (χ1n) is 6.23. The number of nitrogens with one attached hydrogen (secondary N) is 1. The number of halogens is 1. The van der Waals surface area contributed by atoms with Crippen LogP contribution < -0.4 is 14.8 Å². The lowest BCUT2D eigenvalue weighted by atomic mass is 10.00. The van der Waals surface area contributed by atoms with Crippen LogP contribution in [0.4, 0.5) is 0 Å². The van der Waals surface area contributed by atoms with Crippen molar-refractivity contribution in [3.05, 3.63) is 22.2 Å². The van der Waals surface area contributed by atoms with Crippen LogP contribution in [0.15, 0.2) is 16.6 Å². The standard InChI is InChI=1S/C13H18BrNO7/c1-4-11(16)15-13(19,20)12(17,18)7-5-10(22-3)8(14)6-9(7)21-2/h5-6,17-20H,4H2,1-3H3,(H,15,16). The topological polar surface area (TPSA) is 128 Å². The van der Waals surface area contributed by atoms with E-state index < -0.39 is 23.2 Å². The largest absolute Gasteiger partial charge is 0.496 e. The summed E-state index contributed by atoms with van der Waals surface area (Å²) in [5.41, 5.74) is -0.406. The van der Waals surface area contributed by atoms with Crippen LogP contribution in [-0.2, 0) is 10.6 Å². The third kappa shape index (κ3) is 3.50. The minimum Gasteiger partial charge on any atom is -0.496 e. The molecule has 0 atom stereocenters.